The van der Waals surface area contributed by atoms with Gasteiger partial charge in [0.25, 0.3) is 5.78 Å². The van der Waals surface area contributed by atoms with Crippen LogP contribution >= 0.6 is 11.8 Å². The van der Waals surface area contributed by atoms with Crippen molar-refractivity contribution >= 4 is 23.2 Å². The van der Waals surface area contributed by atoms with E-state index in [4.69, 9.17) is 0 Å². The van der Waals surface area contributed by atoms with Gasteiger partial charge >= 0.3 is 6.18 Å². The summed E-state index contributed by atoms with van der Waals surface area (Å²) >= 11 is 1.30. The number of hydrogen-bond acceptors (Lipinski definition) is 4. The highest BCUT2D eigenvalue weighted by Crippen LogP contribution is 2.40. The lowest BCUT2D eigenvalue weighted by Crippen LogP contribution is -2.33. The predicted molar refractivity (Wildman–Crippen MR) is 117 cm³/mol. The highest BCUT2D eigenvalue weighted by molar-refractivity contribution is 8.04. The number of alkyl halides is 3. The van der Waals surface area contributed by atoms with Crippen LogP contribution in [0.25, 0.3) is 0 Å². The SMILES string of the molecule is C\C=C/C=C\C=C\N(C1=CC2NC(=CC(=O)C(F)(F)F)SC2CC1)c1ccccc1. The summed E-state index contributed by atoms with van der Waals surface area (Å²) in [7, 11) is 0. The minimum atomic E-state index is -4.85. The number of carbonyl (C=O) groups excluding carboxylic acids is 1. The summed E-state index contributed by atoms with van der Waals surface area (Å²) in [4.78, 5) is 13.4. The third-order valence-electron chi connectivity index (χ3n) is 4.69. The van der Waals surface area contributed by atoms with Gasteiger partial charge in [0, 0.05) is 28.9 Å². The molecule has 1 aliphatic heterocycles. The van der Waals surface area contributed by atoms with Crippen LogP contribution < -0.4 is 10.2 Å². The molecule has 7 heteroatoms. The second-order valence-corrected chi connectivity index (χ2v) is 8.13. The Balaban J connectivity index is 1.81. The van der Waals surface area contributed by atoms with Crippen LogP contribution in [-0.4, -0.2) is 23.3 Å². The first-order valence-corrected chi connectivity index (χ1v) is 10.5. The van der Waals surface area contributed by atoms with Crippen LogP contribution in [0, 0.1) is 0 Å². The minimum Gasteiger partial charge on any atom is -0.372 e. The van der Waals surface area contributed by atoms with Crippen LogP contribution in [0.15, 0.2) is 89.8 Å². The quantitative estimate of drug-likeness (QED) is 0.451. The van der Waals surface area contributed by atoms with E-state index in [1.54, 1.807) is 0 Å². The van der Waals surface area contributed by atoms with Crippen molar-refractivity contribution in [3.05, 3.63) is 89.8 Å². The molecule has 1 aromatic rings. The fraction of sp³-hybridized carbons (Fsp3) is 0.261. The number of carbonyl (C=O) groups is 1. The second kappa shape index (κ2) is 9.89. The number of allylic oxidation sites excluding steroid dienone is 7. The standard InChI is InChI=1S/C23H23F3N2OS/c1-2-3-4-5-9-14-28(17-10-7-6-8-11-17)18-12-13-20-19(15-18)27-22(30-20)16-21(29)23(24,25)26/h2-11,14-16,19-20,27H,12-13H2,1H3/b3-2-,5-4-,14-9+,22-16?. The molecule has 0 bridgehead atoms. The molecule has 1 heterocycles. The van der Waals surface area contributed by atoms with Crippen LogP contribution in [0.4, 0.5) is 18.9 Å². The molecule has 2 atom stereocenters. The van der Waals surface area contributed by atoms with Gasteiger partial charge in [0.2, 0.25) is 0 Å². The van der Waals surface area contributed by atoms with Crippen LogP contribution in [0.2, 0.25) is 0 Å². The van der Waals surface area contributed by atoms with Crippen molar-refractivity contribution in [3.63, 3.8) is 0 Å². The van der Waals surface area contributed by atoms with Crippen molar-refractivity contribution in [1.29, 1.82) is 0 Å². The number of anilines is 1. The molecule has 3 rings (SSSR count). The number of ketones is 1. The van der Waals surface area contributed by atoms with E-state index in [1.807, 2.05) is 79.9 Å². The van der Waals surface area contributed by atoms with Crippen molar-refractivity contribution in [2.24, 2.45) is 0 Å². The molecule has 3 nitrogen and oxygen atoms in total. The molecule has 1 saturated heterocycles. The van der Waals surface area contributed by atoms with Gasteiger partial charge in [0.1, 0.15) is 0 Å². The monoisotopic (exact) mass is 432 g/mol. The maximum atomic E-state index is 12.6. The molecule has 0 amide bonds. The van der Waals surface area contributed by atoms with Gasteiger partial charge in [-0.15, -0.1) is 11.8 Å². The Labute approximate surface area is 178 Å². The second-order valence-electron chi connectivity index (χ2n) is 6.85. The number of nitrogens with zero attached hydrogens (tertiary/aromatic N) is 1. The van der Waals surface area contributed by atoms with Gasteiger partial charge in [-0.1, -0.05) is 42.5 Å². The van der Waals surface area contributed by atoms with Crippen LogP contribution in [-0.2, 0) is 4.79 Å². The predicted octanol–water partition coefficient (Wildman–Crippen LogP) is 5.86. The van der Waals surface area contributed by atoms with Crippen LogP contribution in [0.5, 0.6) is 0 Å². The van der Waals surface area contributed by atoms with Gasteiger partial charge in [0.15, 0.2) is 0 Å². The van der Waals surface area contributed by atoms with Crippen LogP contribution in [0.3, 0.4) is 0 Å². The van der Waals surface area contributed by atoms with E-state index in [2.05, 4.69) is 10.2 Å². The largest absolute Gasteiger partial charge is 0.454 e. The summed E-state index contributed by atoms with van der Waals surface area (Å²) in [6.45, 7) is 1.95. The third kappa shape index (κ3) is 5.69. The number of halogens is 3. The smallest absolute Gasteiger partial charge is 0.372 e. The third-order valence-corrected chi connectivity index (χ3v) is 6.01. The van der Waals surface area contributed by atoms with Gasteiger partial charge < -0.3 is 10.2 Å². The van der Waals surface area contributed by atoms with E-state index in [-0.39, 0.29) is 16.3 Å². The van der Waals surface area contributed by atoms with E-state index in [9.17, 15) is 18.0 Å². The summed E-state index contributed by atoms with van der Waals surface area (Å²) in [6, 6.07) is 9.78. The number of fused-ring (bicyclic) bond motifs is 1. The lowest BCUT2D eigenvalue weighted by atomic mass is 9.98. The lowest BCUT2D eigenvalue weighted by molar-refractivity contribution is -0.165. The molecule has 2 aliphatic rings. The van der Waals surface area contributed by atoms with E-state index >= 15 is 0 Å². The zero-order valence-electron chi connectivity index (χ0n) is 16.5. The van der Waals surface area contributed by atoms with Crippen LogP contribution in [0.1, 0.15) is 19.8 Å². The van der Waals surface area contributed by atoms with Crippen molar-refractivity contribution in [1.82, 2.24) is 5.32 Å². The van der Waals surface area contributed by atoms with Crippen molar-refractivity contribution < 1.29 is 18.0 Å². The van der Waals surface area contributed by atoms with Gasteiger partial charge in [0.05, 0.1) is 11.1 Å². The molecule has 0 radical (unpaired) electrons. The average molecular weight is 433 g/mol. The number of nitrogens with one attached hydrogen (secondary N) is 1. The van der Waals surface area contributed by atoms with E-state index in [0.29, 0.717) is 6.08 Å². The number of para-hydroxylation sites is 1. The maximum Gasteiger partial charge on any atom is 0.454 e. The Bertz CT molecular complexity index is 901. The summed E-state index contributed by atoms with van der Waals surface area (Å²) < 4.78 is 37.7. The van der Waals surface area contributed by atoms with Gasteiger partial charge in [-0.05, 0) is 44.1 Å². The number of rotatable bonds is 6. The van der Waals surface area contributed by atoms with E-state index in [0.717, 1.165) is 24.2 Å². The Morgan fingerprint density at radius 1 is 1.17 bits per heavy atom. The number of benzene rings is 1. The Morgan fingerprint density at radius 2 is 1.90 bits per heavy atom. The molecular weight excluding hydrogens is 409 g/mol. The fourth-order valence-corrected chi connectivity index (χ4v) is 4.52. The zero-order valence-corrected chi connectivity index (χ0v) is 17.3. The highest BCUT2D eigenvalue weighted by atomic mass is 32.2. The summed E-state index contributed by atoms with van der Waals surface area (Å²) in [5.41, 5.74) is 2.07. The molecule has 2 unspecified atom stereocenters. The molecule has 158 valence electrons. The lowest BCUT2D eigenvalue weighted by Gasteiger charge is -2.30. The topological polar surface area (TPSA) is 32.3 Å². The molecule has 0 spiro atoms. The van der Waals surface area contributed by atoms with Crippen molar-refractivity contribution in [2.45, 2.75) is 37.2 Å². The van der Waals surface area contributed by atoms with E-state index in [1.165, 1.54) is 11.8 Å². The van der Waals surface area contributed by atoms with Gasteiger partial charge in [-0.3, -0.25) is 4.79 Å². The molecule has 0 aromatic heterocycles. The normalized spacial score (nSPS) is 23.2. The molecule has 1 aliphatic carbocycles. The average Bonchev–Trinajstić information content (AvgIpc) is 3.12. The Morgan fingerprint density at radius 3 is 2.60 bits per heavy atom. The Hall–Kier alpha value is -2.67. The molecular formula is C23H23F3N2OS. The number of thioether (sulfide) groups is 1. The van der Waals surface area contributed by atoms with Gasteiger partial charge in [-0.2, -0.15) is 13.2 Å². The summed E-state index contributed by atoms with van der Waals surface area (Å²) in [5.74, 6) is -1.83. The maximum absolute atomic E-state index is 12.6. The molecule has 1 N–H and O–H groups in total. The fourth-order valence-electron chi connectivity index (χ4n) is 3.28. The van der Waals surface area contributed by atoms with Crippen molar-refractivity contribution in [3.8, 4) is 0 Å². The first-order valence-electron chi connectivity index (χ1n) is 9.65. The highest BCUT2D eigenvalue weighted by Gasteiger charge is 2.39. The first-order chi connectivity index (χ1) is 14.4. The first kappa shape index (κ1) is 22.0. The molecule has 1 fully saturated rings. The van der Waals surface area contributed by atoms with Gasteiger partial charge in [-0.25, -0.2) is 0 Å². The Kier molecular flexibility index (Phi) is 7.26. The van der Waals surface area contributed by atoms with E-state index < -0.39 is 12.0 Å². The zero-order chi connectivity index (χ0) is 21.6. The molecule has 30 heavy (non-hydrogen) atoms. The molecule has 1 aromatic carbocycles. The molecule has 0 saturated carbocycles. The minimum absolute atomic E-state index is 0.109. The van der Waals surface area contributed by atoms with Crippen molar-refractivity contribution in [2.75, 3.05) is 4.90 Å². The summed E-state index contributed by atoms with van der Waals surface area (Å²) in [6.07, 6.45) is 11.1. The number of hydrogen-bond donors (Lipinski definition) is 1. The summed E-state index contributed by atoms with van der Waals surface area (Å²) in [5, 5.41) is 3.46.